The molecule has 4 nitrogen and oxygen atoms in total. The summed E-state index contributed by atoms with van der Waals surface area (Å²) in [5.74, 6) is -1.39. The molecule has 1 aromatic carbocycles. The number of fused-ring (bicyclic) bond motifs is 1. The van der Waals surface area contributed by atoms with Crippen LogP contribution in [-0.2, 0) is 13.0 Å². The number of benzene rings is 1. The zero-order valence-electron chi connectivity index (χ0n) is 11.2. The summed E-state index contributed by atoms with van der Waals surface area (Å²) in [6.45, 7) is 0.502. The lowest BCUT2D eigenvalue weighted by Gasteiger charge is -2.08. The number of hydrogen-bond acceptors (Lipinski definition) is 2. The Kier molecular flexibility index (Phi) is 3.39. The van der Waals surface area contributed by atoms with E-state index in [1.807, 2.05) is 12.1 Å². The Morgan fingerprint density at radius 1 is 1.29 bits per heavy atom. The molecule has 0 saturated carbocycles. The smallest absolute Gasteiger partial charge is 0.352 e. The van der Waals surface area contributed by atoms with E-state index in [1.165, 1.54) is 18.2 Å². The van der Waals surface area contributed by atoms with Gasteiger partial charge in [-0.25, -0.2) is 9.18 Å². The zero-order valence-corrected chi connectivity index (χ0v) is 11.2. The van der Waals surface area contributed by atoms with Crippen molar-refractivity contribution in [1.29, 1.82) is 0 Å². The summed E-state index contributed by atoms with van der Waals surface area (Å²) in [5.41, 5.74) is 1.91. The number of carboxylic acid groups (broad SMARTS) is 1. The van der Waals surface area contributed by atoms with Gasteiger partial charge in [0.15, 0.2) is 0 Å². The predicted molar refractivity (Wildman–Crippen MR) is 76.8 cm³/mol. The third-order valence-corrected chi connectivity index (χ3v) is 3.43. The van der Waals surface area contributed by atoms with Gasteiger partial charge in [0.05, 0.1) is 0 Å². The Morgan fingerprint density at radius 2 is 2.14 bits per heavy atom. The molecule has 0 unspecified atom stereocenters. The van der Waals surface area contributed by atoms with E-state index in [-0.39, 0.29) is 11.5 Å². The second-order valence-electron chi connectivity index (χ2n) is 4.80. The molecule has 0 aliphatic rings. The van der Waals surface area contributed by atoms with E-state index >= 15 is 0 Å². The standard InChI is InChI=1S/C16H13FN2O2/c17-13-3-4-14-12(8-13)9-15(16(20)21)19(14)7-5-11-2-1-6-18-10-11/h1-4,6,8-10H,5,7H2,(H,20,21). The molecule has 2 aromatic heterocycles. The topological polar surface area (TPSA) is 55.1 Å². The predicted octanol–water partition coefficient (Wildman–Crippen LogP) is 3.12. The molecule has 0 aliphatic heterocycles. The summed E-state index contributed by atoms with van der Waals surface area (Å²) in [4.78, 5) is 15.4. The fourth-order valence-electron chi connectivity index (χ4n) is 2.45. The first-order valence-corrected chi connectivity index (χ1v) is 6.56. The van der Waals surface area contributed by atoms with Crippen LogP contribution in [0.5, 0.6) is 0 Å². The minimum absolute atomic E-state index is 0.166. The van der Waals surface area contributed by atoms with E-state index in [9.17, 15) is 14.3 Å². The van der Waals surface area contributed by atoms with E-state index in [1.54, 1.807) is 23.0 Å². The molecule has 1 N–H and O–H groups in total. The van der Waals surface area contributed by atoms with Gasteiger partial charge in [-0.1, -0.05) is 6.07 Å². The lowest BCUT2D eigenvalue weighted by atomic mass is 10.2. The van der Waals surface area contributed by atoms with Crippen molar-refractivity contribution in [3.63, 3.8) is 0 Å². The first-order chi connectivity index (χ1) is 10.1. The molecule has 0 spiro atoms. The lowest BCUT2D eigenvalue weighted by Crippen LogP contribution is -2.10. The Labute approximate surface area is 120 Å². The first-order valence-electron chi connectivity index (χ1n) is 6.56. The average Bonchev–Trinajstić information content (AvgIpc) is 2.84. The number of hydrogen-bond donors (Lipinski definition) is 1. The minimum atomic E-state index is -1.02. The molecule has 0 aliphatic carbocycles. The third-order valence-electron chi connectivity index (χ3n) is 3.43. The second kappa shape index (κ2) is 5.36. The average molecular weight is 284 g/mol. The Morgan fingerprint density at radius 3 is 2.86 bits per heavy atom. The van der Waals surface area contributed by atoms with Crippen molar-refractivity contribution >= 4 is 16.9 Å². The fourth-order valence-corrected chi connectivity index (χ4v) is 2.45. The normalized spacial score (nSPS) is 10.9. The van der Waals surface area contributed by atoms with Crippen molar-refractivity contribution in [1.82, 2.24) is 9.55 Å². The van der Waals surface area contributed by atoms with Gasteiger partial charge in [0.1, 0.15) is 11.5 Å². The molecule has 2 heterocycles. The van der Waals surface area contributed by atoms with Crippen molar-refractivity contribution in [2.45, 2.75) is 13.0 Å². The van der Waals surface area contributed by atoms with Gasteiger partial charge >= 0.3 is 5.97 Å². The highest BCUT2D eigenvalue weighted by atomic mass is 19.1. The number of aryl methyl sites for hydroxylation is 2. The Bertz CT molecular complexity index is 797. The van der Waals surface area contributed by atoms with Crippen molar-refractivity contribution in [2.75, 3.05) is 0 Å². The fraction of sp³-hybridized carbons (Fsp3) is 0.125. The molecule has 0 atom stereocenters. The van der Waals surface area contributed by atoms with Crippen molar-refractivity contribution in [2.24, 2.45) is 0 Å². The molecule has 0 radical (unpaired) electrons. The highest BCUT2D eigenvalue weighted by molar-refractivity contribution is 5.94. The monoisotopic (exact) mass is 284 g/mol. The van der Waals surface area contributed by atoms with Gasteiger partial charge < -0.3 is 9.67 Å². The van der Waals surface area contributed by atoms with E-state index in [2.05, 4.69) is 4.98 Å². The summed E-state index contributed by atoms with van der Waals surface area (Å²) < 4.78 is 15.0. The molecule has 21 heavy (non-hydrogen) atoms. The molecule has 5 heteroatoms. The van der Waals surface area contributed by atoms with Crippen LogP contribution in [0.4, 0.5) is 4.39 Å². The summed E-state index contributed by atoms with van der Waals surface area (Å²) in [7, 11) is 0. The van der Waals surface area contributed by atoms with Crippen LogP contribution in [-0.4, -0.2) is 20.6 Å². The molecular formula is C16H13FN2O2. The second-order valence-corrected chi connectivity index (χ2v) is 4.80. The van der Waals surface area contributed by atoms with Crippen molar-refractivity contribution < 1.29 is 14.3 Å². The van der Waals surface area contributed by atoms with Gasteiger partial charge in [-0.15, -0.1) is 0 Å². The maximum absolute atomic E-state index is 13.3. The number of carboxylic acids is 1. The Hall–Kier alpha value is -2.69. The van der Waals surface area contributed by atoms with Crippen LogP contribution >= 0.6 is 0 Å². The van der Waals surface area contributed by atoms with Gasteiger partial charge in [-0.2, -0.15) is 0 Å². The molecular weight excluding hydrogens is 271 g/mol. The van der Waals surface area contributed by atoms with Crippen molar-refractivity contribution in [3.8, 4) is 0 Å². The SMILES string of the molecule is O=C(O)c1cc2cc(F)ccc2n1CCc1cccnc1. The Balaban J connectivity index is 1.99. The summed E-state index contributed by atoms with van der Waals surface area (Å²) in [6.07, 6.45) is 4.11. The first kappa shape index (κ1) is 13.3. The lowest BCUT2D eigenvalue weighted by molar-refractivity contribution is 0.0685. The van der Waals surface area contributed by atoms with Gasteiger partial charge in [0, 0.05) is 29.8 Å². The number of halogens is 1. The van der Waals surface area contributed by atoms with E-state index in [0.717, 1.165) is 11.1 Å². The van der Waals surface area contributed by atoms with Gasteiger partial charge in [-0.05, 0) is 42.3 Å². The molecule has 0 fully saturated rings. The number of aromatic carboxylic acids is 1. The molecule has 0 bridgehead atoms. The summed E-state index contributed by atoms with van der Waals surface area (Å²) >= 11 is 0. The van der Waals surface area contributed by atoms with Crippen molar-refractivity contribution in [3.05, 3.63) is 65.9 Å². The highest BCUT2D eigenvalue weighted by Gasteiger charge is 2.14. The number of pyridine rings is 1. The van der Waals surface area contributed by atoms with Crippen LogP contribution in [0.25, 0.3) is 10.9 Å². The zero-order chi connectivity index (χ0) is 14.8. The van der Waals surface area contributed by atoms with Crippen LogP contribution in [0.15, 0.2) is 48.8 Å². The van der Waals surface area contributed by atoms with Crippen LogP contribution in [0.1, 0.15) is 16.1 Å². The van der Waals surface area contributed by atoms with Crippen LogP contribution in [0.2, 0.25) is 0 Å². The van der Waals surface area contributed by atoms with Crippen LogP contribution in [0.3, 0.4) is 0 Å². The number of aromatic nitrogens is 2. The van der Waals surface area contributed by atoms with Gasteiger partial charge in [0.2, 0.25) is 0 Å². The molecule has 3 aromatic rings. The minimum Gasteiger partial charge on any atom is -0.477 e. The van der Waals surface area contributed by atoms with Gasteiger partial charge in [0.25, 0.3) is 0 Å². The van der Waals surface area contributed by atoms with E-state index in [4.69, 9.17) is 0 Å². The maximum Gasteiger partial charge on any atom is 0.352 e. The molecule has 0 saturated heterocycles. The highest BCUT2D eigenvalue weighted by Crippen LogP contribution is 2.22. The third kappa shape index (κ3) is 2.63. The van der Waals surface area contributed by atoms with Gasteiger partial charge in [-0.3, -0.25) is 4.98 Å². The van der Waals surface area contributed by atoms with Crippen LogP contribution in [0, 0.1) is 5.82 Å². The summed E-state index contributed by atoms with van der Waals surface area (Å²) in [6, 6.07) is 9.59. The van der Waals surface area contributed by atoms with E-state index < -0.39 is 5.97 Å². The van der Waals surface area contributed by atoms with E-state index in [0.29, 0.717) is 18.4 Å². The quantitative estimate of drug-likeness (QED) is 0.801. The summed E-state index contributed by atoms with van der Waals surface area (Å²) in [5, 5.41) is 9.90. The number of nitrogens with zero attached hydrogens (tertiary/aromatic N) is 2. The molecule has 0 amide bonds. The maximum atomic E-state index is 13.3. The largest absolute Gasteiger partial charge is 0.477 e. The molecule has 3 rings (SSSR count). The number of carbonyl (C=O) groups is 1. The molecule has 106 valence electrons. The van der Waals surface area contributed by atoms with Crippen LogP contribution < -0.4 is 0 Å². The number of rotatable bonds is 4.